The van der Waals surface area contributed by atoms with Gasteiger partial charge in [0.25, 0.3) is 0 Å². The Hall–Kier alpha value is -2.04. The third-order valence-corrected chi connectivity index (χ3v) is 1.45. The topological polar surface area (TPSA) is 87.7 Å². The molecule has 1 heterocycles. The number of hydrogen-bond acceptors (Lipinski definition) is 3. The lowest BCUT2D eigenvalue weighted by molar-refractivity contribution is 0.0625. The maximum absolute atomic E-state index is 10.6. The molecule has 68 valence electrons. The van der Waals surface area contributed by atoms with Crippen molar-refractivity contribution in [3.05, 3.63) is 29.7 Å². The summed E-state index contributed by atoms with van der Waals surface area (Å²) in [4.78, 5) is 21.1. The number of carbonyl (C=O) groups is 2. The molecule has 0 spiro atoms. The second-order valence-electron chi connectivity index (χ2n) is 2.21. The van der Waals surface area contributed by atoms with E-state index in [0.717, 1.165) is 6.26 Å². The second-order valence-corrected chi connectivity index (χ2v) is 2.21. The zero-order chi connectivity index (χ0) is 10.0. The third-order valence-electron chi connectivity index (χ3n) is 1.45. The van der Waals surface area contributed by atoms with Crippen LogP contribution < -0.4 is 0 Å². The van der Waals surface area contributed by atoms with Crippen LogP contribution in [0.3, 0.4) is 0 Å². The highest BCUT2D eigenvalue weighted by Gasteiger charge is 2.23. The van der Waals surface area contributed by atoms with Gasteiger partial charge >= 0.3 is 11.9 Å². The summed E-state index contributed by atoms with van der Waals surface area (Å²) in [6, 6.07) is 0. The number of hydrogen-bond donors (Lipinski definition) is 2. The lowest BCUT2D eigenvalue weighted by Crippen LogP contribution is -2.05. The van der Waals surface area contributed by atoms with E-state index in [2.05, 4.69) is 11.0 Å². The number of carboxylic acids is 2. The van der Waals surface area contributed by atoms with E-state index in [1.807, 2.05) is 0 Å². The van der Waals surface area contributed by atoms with Crippen LogP contribution in [0.4, 0.5) is 0 Å². The van der Waals surface area contributed by atoms with Crippen LogP contribution in [0.25, 0.3) is 6.08 Å². The maximum Gasteiger partial charge on any atom is 0.372 e. The van der Waals surface area contributed by atoms with Crippen molar-refractivity contribution in [1.29, 1.82) is 0 Å². The highest BCUT2D eigenvalue weighted by atomic mass is 16.4. The Morgan fingerprint density at radius 1 is 1.38 bits per heavy atom. The summed E-state index contributed by atoms with van der Waals surface area (Å²) < 4.78 is 4.56. The maximum atomic E-state index is 10.6. The fourth-order valence-corrected chi connectivity index (χ4v) is 0.899. The molecule has 1 aromatic rings. The molecule has 0 aliphatic heterocycles. The summed E-state index contributed by atoms with van der Waals surface area (Å²) in [6.07, 6.45) is 2.26. The zero-order valence-electron chi connectivity index (χ0n) is 6.48. The number of carboxylic acid groups (broad SMARTS) is 2. The van der Waals surface area contributed by atoms with Crippen LogP contribution in [0.5, 0.6) is 0 Å². The average Bonchev–Trinajstić information content (AvgIpc) is 2.46. The summed E-state index contributed by atoms with van der Waals surface area (Å²) in [6.45, 7) is 3.33. The molecule has 0 unspecified atom stereocenters. The standard InChI is InChI=1S/C8H6O5/c1-2-4-3-13-6(8(11)12)5(4)7(9)10/h2-3H,1H2,(H,9,10)(H,11,12). The van der Waals surface area contributed by atoms with Crippen molar-refractivity contribution in [2.75, 3.05) is 0 Å². The molecule has 1 rings (SSSR count). The Bertz CT molecular complexity index is 374. The second kappa shape index (κ2) is 3.14. The van der Waals surface area contributed by atoms with E-state index in [0.29, 0.717) is 0 Å². The molecule has 0 aliphatic rings. The van der Waals surface area contributed by atoms with Gasteiger partial charge in [0.05, 0.1) is 6.26 Å². The first-order chi connectivity index (χ1) is 6.07. The molecule has 0 bridgehead atoms. The lowest BCUT2D eigenvalue weighted by atomic mass is 10.1. The normalized spacial score (nSPS) is 9.54. The van der Waals surface area contributed by atoms with Gasteiger partial charge in [-0.1, -0.05) is 12.7 Å². The molecule has 0 radical (unpaired) electrons. The summed E-state index contributed by atoms with van der Waals surface area (Å²) in [5.74, 6) is -3.34. The first-order valence-electron chi connectivity index (χ1n) is 3.28. The van der Waals surface area contributed by atoms with E-state index in [9.17, 15) is 9.59 Å². The minimum absolute atomic E-state index is 0.157. The average molecular weight is 182 g/mol. The van der Waals surface area contributed by atoms with Crippen LogP contribution in [0, 0.1) is 0 Å². The van der Waals surface area contributed by atoms with Crippen molar-refractivity contribution in [3.8, 4) is 0 Å². The van der Waals surface area contributed by atoms with Gasteiger partial charge in [0, 0.05) is 5.56 Å². The van der Waals surface area contributed by atoms with Crippen molar-refractivity contribution in [2.24, 2.45) is 0 Å². The predicted molar refractivity (Wildman–Crippen MR) is 42.7 cm³/mol. The van der Waals surface area contributed by atoms with Crippen molar-refractivity contribution >= 4 is 18.0 Å². The molecule has 0 aliphatic carbocycles. The fraction of sp³-hybridized carbons (Fsp3) is 0. The minimum atomic E-state index is -1.41. The van der Waals surface area contributed by atoms with E-state index in [4.69, 9.17) is 10.2 Å². The van der Waals surface area contributed by atoms with Gasteiger partial charge in [-0.3, -0.25) is 0 Å². The van der Waals surface area contributed by atoms with Gasteiger partial charge < -0.3 is 14.6 Å². The van der Waals surface area contributed by atoms with E-state index in [-0.39, 0.29) is 11.1 Å². The SMILES string of the molecule is C=Cc1coc(C(=O)O)c1C(=O)O. The Balaban J connectivity index is 3.38. The Morgan fingerprint density at radius 2 is 2.00 bits per heavy atom. The minimum Gasteiger partial charge on any atom is -0.478 e. The van der Waals surface area contributed by atoms with Gasteiger partial charge in [-0.2, -0.15) is 0 Å². The van der Waals surface area contributed by atoms with Crippen molar-refractivity contribution in [3.63, 3.8) is 0 Å². The molecule has 0 saturated carbocycles. The summed E-state index contributed by atoms with van der Waals surface area (Å²) >= 11 is 0. The van der Waals surface area contributed by atoms with Crippen molar-refractivity contribution < 1.29 is 24.2 Å². The zero-order valence-corrected chi connectivity index (χ0v) is 6.48. The summed E-state index contributed by atoms with van der Waals surface area (Å²) in [5, 5.41) is 17.2. The first-order valence-corrected chi connectivity index (χ1v) is 3.28. The molecule has 0 fully saturated rings. The molecule has 5 heteroatoms. The van der Waals surface area contributed by atoms with E-state index in [1.54, 1.807) is 0 Å². The summed E-state index contributed by atoms with van der Waals surface area (Å²) in [7, 11) is 0. The highest BCUT2D eigenvalue weighted by molar-refractivity contribution is 6.02. The molecule has 0 amide bonds. The lowest BCUT2D eigenvalue weighted by Gasteiger charge is -1.92. The highest BCUT2D eigenvalue weighted by Crippen LogP contribution is 2.18. The molecular formula is C8H6O5. The van der Waals surface area contributed by atoms with Gasteiger partial charge in [-0.15, -0.1) is 0 Å². The number of rotatable bonds is 3. The van der Waals surface area contributed by atoms with Crippen LogP contribution in [0.15, 0.2) is 17.3 Å². The van der Waals surface area contributed by atoms with E-state index in [1.165, 1.54) is 6.08 Å². The van der Waals surface area contributed by atoms with Crippen LogP contribution in [0.1, 0.15) is 26.5 Å². The quantitative estimate of drug-likeness (QED) is 0.735. The molecule has 1 aromatic heterocycles. The van der Waals surface area contributed by atoms with Crippen LogP contribution in [0.2, 0.25) is 0 Å². The van der Waals surface area contributed by atoms with Gasteiger partial charge in [0.15, 0.2) is 0 Å². The van der Waals surface area contributed by atoms with E-state index < -0.39 is 17.7 Å². The van der Waals surface area contributed by atoms with Gasteiger partial charge in [-0.25, -0.2) is 9.59 Å². The monoisotopic (exact) mass is 182 g/mol. The smallest absolute Gasteiger partial charge is 0.372 e. The Kier molecular flexibility index (Phi) is 2.19. The predicted octanol–water partition coefficient (Wildman–Crippen LogP) is 1.32. The van der Waals surface area contributed by atoms with Crippen LogP contribution in [-0.2, 0) is 0 Å². The largest absolute Gasteiger partial charge is 0.478 e. The molecular weight excluding hydrogens is 176 g/mol. The first kappa shape index (κ1) is 9.05. The molecule has 5 nitrogen and oxygen atoms in total. The van der Waals surface area contributed by atoms with Crippen LogP contribution >= 0.6 is 0 Å². The third kappa shape index (κ3) is 1.44. The van der Waals surface area contributed by atoms with Crippen molar-refractivity contribution in [1.82, 2.24) is 0 Å². The van der Waals surface area contributed by atoms with Crippen LogP contribution in [-0.4, -0.2) is 22.2 Å². The molecule has 2 N–H and O–H groups in total. The van der Waals surface area contributed by atoms with Gasteiger partial charge in [0.2, 0.25) is 5.76 Å². The molecule has 13 heavy (non-hydrogen) atoms. The van der Waals surface area contributed by atoms with Crippen molar-refractivity contribution in [2.45, 2.75) is 0 Å². The Morgan fingerprint density at radius 3 is 2.38 bits per heavy atom. The summed E-state index contributed by atoms with van der Waals surface area (Å²) in [5.41, 5.74) is -0.215. The fourth-order valence-electron chi connectivity index (χ4n) is 0.899. The van der Waals surface area contributed by atoms with Gasteiger partial charge in [-0.05, 0) is 0 Å². The molecule has 0 atom stereocenters. The number of aromatic carboxylic acids is 2. The number of furan rings is 1. The molecule has 0 aromatic carbocycles. The van der Waals surface area contributed by atoms with E-state index >= 15 is 0 Å². The van der Waals surface area contributed by atoms with Gasteiger partial charge in [0.1, 0.15) is 5.56 Å². The Labute approximate surface area is 72.9 Å². The molecule has 0 saturated heterocycles.